The van der Waals surface area contributed by atoms with Gasteiger partial charge in [-0.1, -0.05) is 42.5 Å². The van der Waals surface area contributed by atoms with Gasteiger partial charge in [-0.05, 0) is 55.0 Å². The largest absolute Gasteiger partial charge is 0.322 e. The number of nitrogens with zero attached hydrogens (tertiary/aromatic N) is 2. The van der Waals surface area contributed by atoms with Crippen molar-refractivity contribution in [2.24, 2.45) is 0 Å². The Morgan fingerprint density at radius 3 is 2.35 bits per heavy atom. The highest BCUT2D eigenvalue weighted by atomic mass is 32.2. The monoisotopic (exact) mass is 490 g/mol. The van der Waals surface area contributed by atoms with Gasteiger partial charge in [0.1, 0.15) is 0 Å². The third kappa shape index (κ3) is 6.00. The van der Waals surface area contributed by atoms with Crippen LogP contribution in [-0.4, -0.2) is 24.3 Å². The zero-order valence-electron chi connectivity index (χ0n) is 18.3. The van der Waals surface area contributed by atoms with Crippen molar-refractivity contribution in [3.63, 3.8) is 0 Å². The van der Waals surface area contributed by atoms with E-state index in [2.05, 4.69) is 20.0 Å². The van der Waals surface area contributed by atoms with Crippen molar-refractivity contribution in [2.75, 3.05) is 10.0 Å². The molecule has 1 heterocycles. The number of sulfonamides is 1. The number of benzene rings is 3. The summed E-state index contributed by atoms with van der Waals surface area (Å²) in [6.45, 7) is 1.75. The van der Waals surface area contributed by atoms with Crippen molar-refractivity contribution in [1.82, 2.24) is 9.97 Å². The number of anilines is 2. The second-order valence-corrected chi connectivity index (χ2v) is 10.1. The first-order valence-electron chi connectivity index (χ1n) is 10.4. The summed E-state index contributed by atoms with van der Waals surface area (Å²) >= 11 is 1.59. The first-order valence-corrected chi connectivity index (χ1v) is 12.9. The van der Waals surface area contributed by atoms with E-state index in [1.54, 1.807) is 43.0 Å². The maximum Gasteiger partial charge on any atom is 0.264 e. The Morgan fingerprint density at radius 1 is 0.912 bits per heavy atom. The molecule has 4 rings (SSSR count). The highest BCUT2D eigenvalue weighted by Crippen LogP contribution is 2.27. The summed E-state index contributed by atoms with van der Waals surface area (Å²) in [7, 11) is -3.86. The predicted octanol–water partition coefficient (Wildman–Crippen LogP) is 5.13. The first kappa shape index (κ1) is 23.5. The molecule has 4 aromatic rings. The smallest absolute Gasteiger partial charge is 0.264 e. The van der Waals surface area contributed by atoms with Crippen LogP contribution in [0.1, 0.15) is 21.6 Å². The molecule has 7 nitrogen and oxygen atoms in total. The van der Waals surface area contributed by atoms with Crippen LogP contribution in [0.3, 0.4) is 0 Å². The molecule has 0 aliphatic rings. The third-order valence-electron chi connectivity index (χ3n) is 4.81. The topological polar surface area (TPSA) is 101 Å². The zero-order chi connectivity index (χ0) is 24.0. The minimum absolute atomic E-state index is 0.00184. The lowest BCUT2D eigenvalue weighted by Gasteiger charge is -2.11. The van der Waals surface area contributed by atoms with Crippen LogP contribution in [0.2, 0.25) is 0 Å². The summed E-state index contributed by atoms with van der Waals surface area (Å²) in [4.78, 5) is 21.8. The number of hydrogen-bond donors (Lipinski definition) is 2. The average Bonchev–Trinajstić information content (AvgIpc) is 2.83. The molecule has 0 aliphatic heterocycles. The lowest BCUT2D eigenvalue weighted by atomic mass is 10.2. The fourth-order valence-electron chi connectivity index (χ4n) is 3.11. The molecule has 9 heteroatoms. The van der Waals surface area contributed by atoms with Gasteiger partial charge in [0.25, 0.3) is 15.9 Å². The minimum Gasteiger partial charge on any atom is -0.322 e. The van der Waals surface area contributed by atoms with E-state index in [-0.39, 0.29) is 16.8 Å². The quantitative estimate of drug-likeness (QED) is 0.332. The molecule has 3 aromatic carbocycles. The molecule has 0 fully saturated rings. The Bertz CT molecular complexity index is 1390. The SMILES string of the molecule is Cc1ccnc(NS(=O)(=O)c2ccc(NC(=O)c3ccccc3SCc3ccccc3)cc2)n1. The van der Waals surface area contributed by atoms with Gasteiger partial charge < -0.3 is 5.32 Å². The maximum absolute atomic E-state index is 12.9. The number of amides is 1. The number of carbonyl (C=O) groups is 1. The Labute approximate surface area is 202 Å². The second-order valence-electron chi connectivity index (χ2n) is 7.38. The highest BCUT2D eigenvalue weighted by molar-refractivity contribution is 7.98. The summed E-state index contributed by atoms with van der Waals surface area (Å²) in [5, 5.41) is 2.84. The highest BCUT2D eigenvalue weighted by Gasteiger charge is 2.17. The number of hydrogen-bond acceptors (Lipinski definition) is 6. The van der Waals surface area contributed by atoms with Crippen LogP contribution in [0.5, 0.6) is 0 Å². The van der Waals surface area contributed by atoms with Crippen molar-refractivity contribution in [3.8, 4) is 0 Å². The summed E-state index contributed by atoms with van der Waals surface area (Å²) in [5.41, 5.74) is 2.86. The lowest BCUT2D eigenvalue weighted by molar-refractivity contribution is 0.102. The molecule has 34 heavy (non-hydrogen) atoms. The summed E-state index contributed by atoms with van der Waals surface area (Å²) < 4.78 is 27.6. The van der Waals surface area contributed by atoms with Gasteiger partial charge in [-0.25, -0.2) is 23.1 Å². The van der Waals surface area contributed by atoms with Crippen LogP contribution in [0.15, 0.2) is 101 Å². The fraction of sp³-hybridized carbons (Fsp3) is 0.0800. The van der Waals surface area contributed by atoms with E-state index in [0.717, 1.165) is 10.6 Å². The molecule has 0 saturated heterocycles. The molecule has 0 atom stereocenters. The van der Waals surface area contributed by atoms with E-state index in [1.807, 2.05) is 48.5 Å². The third-order valence-corrected chi connectivity index (χ3v) is 7.30. The molecule has 0 spiro atoms. The van der Waals surface area contributed by atoms with E-state index >= 15 is 0 Å². The number of carbonyl (C=O) groups excluding carboxylic acids is 1. The number of rotatable bonds is 8. The van der Waals surface area contributed by atoms with Gasteiger partial charge in [0.2, 0.25) is 5.95 Å². The Morgan fingerprint density at radius 2 is 1.62 bits per heavy atom. The van der Waals surface area contributed by atoms with Crippen molar-refractivity contribution in [3.05, 3.63) is 108 Å². The Hall–Kier alpha value is -3.69. The molecule has 2 N–H and O–H groups in total. The van der Waals surface area contributed by atoms with Crippen LogP contribution in [0.25, 0.3) is 0 Å². The van der Waals surface area contributed by atoms with E-state index in [4.69, 9.17) is 0 Å². The normalized spacial score (nSPS) is 11.1. The van der Waals surface area contributed by atoms with Crippen LogP contribution < -0.4 is 10.0 Å². The van der Waals surface area contributed by atoms with E-state index < -0.39 is 10.0 Å². The molecular weight excluding hydrogens is 468 g/mol. The first-order chi connectivity index (χ1) is 16.4. The fourth-order valence-corrected chi connectivity index (χ4v) is 5.07. The predicted molar refractivity (Wildman–Crippen MR) is 134 cm³/mol. The molecule has 0 aliphatic carbocycles. The van der Waals surface area contributed by atoms with Crippen LogP contribution in [-0.2, 0) is 15.8 Å². The van der Waals surface area contributed by atoms with E-state index in [1.165, 1.54) is 23.9 Å². The number of thioether (sulfide) groups is 1. The summed E-state index contributed by atoms with van der Waals surface area (Å²) in [5.74, 6) is 0.482. The summed E-state index contributed by atoms with van der Waals surface area (Å²) in [6, 6.07) is 25.0. The van der Waals surface area contributed by atoms with Gasteiger partial charge in [0, 0.05) is 28.2 Å². The van der Waals surface area contributed by atoms with Gasteiger partial charge in [-0.15, -0.1) is 11.8 Å². The average molecular weight is 491 g/mol. The summed E-state index contributed by atoms with van der Waals surface area (Å²) in [6.07, 6.45) is 1.48. The molecule has 0 bridgehead atoms. The standard InChI is InChI=1S/C25H22N4O3S2/c1-18-15-16-26-25(27-18)29-34(31,32)21-13-11-20(12-14-21)28-24(30)22-9-5-6-10-23(22)33-17-19-7-3-2-4-8-19/h2-16H,17H2,1H3,(H,28,30)(H,26,27,29). The Balaban J connectivity index is 1.44. The van der Waals surface area contributed by atoms with Gasteiger partial charge >= 0.3 is 0 Å². The molecule has 1 amide bonds. The van der Waals surface area contributed by atoms with Crippen LogP contribution in [0.4, 0.5) is 11.6 Å². The van der Waals surface area contributed by atoms with Crippen LogP contribution in [0, 0.1) is 6.92 Å². The lowest BCUT2D eigenvalue weighted by Crippen LogP contribution is -2.16. The molecule has 1 aromatic heterocycles. The molecule has 172 valence electrons. The number of aromatic nitrogens is 2. The van der Waals surface area contributed by atoms with Crippen molar-refractivity contribution in [1.29, 1.82) is 0 Å². The number of aryl methyl sites for hydroxylation is 1. The van der Waals surface area contributed by atoms with Gasteiger partial charge in [-0.3, -0.25) is 4.79 Å². The molecule has 0 saturated carbocycles. The van der Waals surface area contributed by atoms with Crippen LogP contribution >= 0.6 is 11.8 Å². The molecule has 0 unspecified atom stereocenters. The van der Waals surface area contributed by atoms with E-state index in [0.29, 0.717) is 16.9 Å². The Kier molecular flexibility index (Phi) is 7.24. The number of nitrogens with one attached hydrogen (secondary N) is 2. The van der Waals surface area contributed by atoms with Gasteiger partial charge in [-0.2, -0.15) is 0 Å². The second kappa shape index (κ2) is 10.5. The van der Waals surface area contributed by atoms with Crippen molar-refractivity contribution >= 4 is 39.3 Å². The van der Waals surface area contributed by atoms with Crippen molar-refractivity contribution < 1.29 is 13.2 Å². The molecular formula is C25H22N4O3S2. The van der Waals surface area contributed by atoms with Crippen molar-refractivity contribution in [2.45, 2.75) is 22.5 Å². The van der Waals surface area contributed by atoms with Gasteiger partial charge in [0.05, 0.1) is 10.5 Å². The minimum atomic E-state index is -3.86. The molecule has 0 radical (unpaired) electrons. The van der Waals surface area contributed by atoms with E-state index in [9.17, 15) is 13.2 Å². The zero-order valence-corrected chi connectivity index (χ0v) is 19.9. The van der Waals surface area contributed by atoms with Gasteiger partial charge in [0.15, 0.2) is 0 Å². The maximum atomic E-state index is 12.9.